The van der Waals surface area contributed by atoms with E-state index in [0.29, 0.717) is 12.1 Å². The molecule has 0 radical (unpaired) electrons. The summed E-state index contributed by atoms with van der Waals surface area (Å²) < 4.78 is 0. The van der Waals surface area contributed by atoms with Crippen LogP contribution in [-0.4, -0.2) is 43.1 Å². The zero-order valence-electron chi connectivity index (χ0n) is 12.6. The molecule has 0 amide bonds. The van der Waals surface area contributed by atoms with E-state index in [4.69, 9.17) is 10.7 Å². The first kappa shape index (κ1) is 14.8. The van der Waals surface area contributed by atoms with Crippen molar-refractivity contribution in [2.45, 2.75) is 44.7 Å². The fourth-order valence-electron chi connectivity index (χ4n) is 2.81. The first-order valence-corrected chi connectivity index (χ1v) is 7.91. The van der Waals surface area contributed by atoms with Crippen LogP contribution in [-0.2, 0) is 13.0 Å². The molecular formula is C14H26N4S. The van der Waals surface area contributed by atoms with Gasteiger partial charge in [-0.15, -0.1) is 11.3 Å². The predicted octanol–water partition coefficient (Wildman–Crippen LogP) is 2.08. The second-order valence-corrected chi connectivity index (χ2v) is 6.81. The third kappa shape index (κ3) is 2.78. The van der Waals surface area contributed by atoms with Gasteiger partial charge in [0.1, 0.15) is 0 Å². The maximum atomic E-state index is 5.80. The van der Waals surface area contributed by atoms with E-state index in [-0.39, 0.29) is 0 Å². The lowest BCUT2D eigenvalue weighted by molar-refractivity contribution is 0.0683. The second kappa shape index (κ2) is 5.77. The maximum absolute atomic E-state index is 5.80. The summed E-state index contributed by atoms with van der Waals surface area (Å²) in [7, 11) is 6.54. The van der Waals surface area contributed by atoms with Gasteiger partial charge >= 0.3 is 0 Å². The highest BCUT2D eigenvalue weighted by Crippen LogP contribution is 2.38. The zero-order valence-corrected chi connectivity index (χ0v) is 13.4. The Morgan fingerprint density at radius 1 is 1.32 bits per heavy atom. The van der Waals surface area contributed by atoms with Gasteiger partial charge in [-0.3, -0.25) is 0 Å². The molecule has 0 saturated heterocycles. The molecule has 1 aromatic heterocycles. The third-order valence-corrected chi connectivity index (χ3v) is 5.61. The molecule has 0 unspecified atom stereocenters. The summed E-state index contributed by atoms with van der Waals surface area (Å²) in [5.74, 6) is 0. The van der Waals surface area contributed by atoms with Crippen molar-refractivity contribution in [2.75, 3.05) is 32.6 Å². The van der Waals surface area contributed by atoms with E-state index < -0.39 is 0 Å². The molecule has 5 heteroatoms. The van der Waals surface area contributed by atoms with Gasteiger partial charge < -0.3 is 15.5 Å². The minimum absolute atomic E-state index is 0.343. The van der Waals surface area contributed by atoms with Crippen LogP contribution in [0, 0.1) is 0 Å². The molecule has 1 aliphatic rings. The molecule has 1 heterocycles. The van der Waals surface area contributed by atoms with Crippen molar-refractivity contribution < 1.29 is 0 Å². The molecule has 0 spiro atoms. The second-order valence-electron chi connectivity index (χ2n) is 5.75. The van der Waals surface area contributed by atoms with Crippen molar-refractivity contribution in [1.82, 2.24) is 9.88 Å². The molecule has 1 aliphatic carbocycles. The molecule has 1 fully saturated rings. The molecule has 0 atom stereocenters. The molecule has 108 valence electrons. The Bertz CT molecular complexity index is 402. The summed E-state index contributed by atoms with van der Waals surface area (Å²) in [5.41, 5.74) is 7.31. The Hall–Kier alpha value is -0.650. The minimum atomic E-state index is 0.343. The largest absolute Gasteiger partial charge is 0.349 e. The normalized spacial score (nSPS) is 17.6. The van der Waals surface area contributed by atoms with Crippen LogP contribution in [0.3, 0.4) is 0 Å². The highest BCUT2D eigenvalue weighted by molar-refractivity contribution is 7.15. The number of thiazole rings is 1. The number of nitrogens with two attached hydrogens (primary N) is 1. The standard InChI is InChI=1S/C14H26N4S/c1-5-11-12(9-15)19-13(16-11)18(4)10-14(17(2)3)7-6-8-14/h5-10,15H2,1-4H3. The molecule has 1 saturated carbocycles. The smallest absolute Gasteiger partial charge is 0.185 e. The Labute approximate surface area is 120 Å². The van der Waals surface area contributed by atoms with Gasteiger partial charge in [-0.1, -0.05) is 6.92 Å². The molecular weight excluding hydrogens is 256 g/mol. The summed E-state index contributed by atoms with van der Waals surface area (Å²) >= 11 is 1.75. The summed E-state index contributed by atoms with van der Waals surface area (Å²) in [5, 5.41) is 1.12. The monoisotopic (exact) mass is 282 g/mol. The average molecular weight is 282 g/mol. The van der Waals surface area contributed by atoms with Gasteiger partial charge in [0.15, 0.2) is 5.13 Å². The van der Waals surface area contributed by atoms with E-state index in [1.165, 1.54) is 29.8 Å². The Balaban J connectivity index is 2.11. The Kier molecular flexibility index (Phi) is 4.48. The Morgan fingerprint density at radius 2 is 2.00 bits per heavy atom. The fourth-order valence-corrected chi connectivity index (χ4v) is 3.80. The average Bonchev–Trinajstić information content (AvgIpc) is 2.76. The number of nitrogens with zero attached hydrogens (tertiary/aromatic N) is 3. The van der Waals surface area contributed by atoms with E-state index in [1.54, 1.807) is 11.3 Å². The zero-order chi connectivity index (χ0) is 14.0. The number of anilines is 1. The van der Waals surface area contributed by atoms with Gasteiger partial charge in [0.25, 0.3) is 0 Å². The molecule has 2 rings (SSSR count). The van der Waals surface area contributed by atoms with Gasteiger partial charge in [-0.25, -0.2) is 4.98 Å². The molecule has 4 nitrogen and oxygen atoms in total. The lowest BCUT2D eigenvalue weighted by Gasteiger charge is -2.49. The molecule has 0 bridgehead atoms. The van der Waals surface area contributed by atoms with E-state index in [0.717, 1.165) is 18.1 Å². The molecule has 1 aromatic rings. The van der Waals surface area contributed by atoms with Crippen LogP contribution in [0.25, 0.3) is 0 Å². The summed E-state index contributed by atoms with van der Waals surface area (Å²) in [6, 6.07) is 0. The molecule has 0 aromatic carbocycles. The molecule has 19 heavy (non-hydrogen) atoms. The van der Waals surface area contributed by atoms with E-state index in [9.17, 15) is 0 Å². The van der Waals surface area contributed by atoms with Crippen LogP contribution in [0.2, 0.25) is 0 Å². The highest BCUT2D eigenvalue weighted by Gasteiger charge is 2.40. The number of hydrogen-bond donors (Lipinski definition) is 1. The van der Waals surface area contributed by atoms with Gasteiger partial charge in [-0.2, -0.15) is 0 Å². The number of aromatic nitrogens is 1. The maximum Gasteiger partial charge on any atom is 0.185 e. The van der Waals surface area contributed by atoms with Crippen LogP contribution in [0.1, 0.15) is 36.8 Å². The summed E-state index contributed by atoms with van der Waals surface area (Å²) in [6.07, 6.45) is 4.90. The van der Waals surface area contributed by atoms with Crippen molar-refractivity contribution in [3.63, 3.8) is 0 Å². The van der Waals surface area contributed by atoms with Crippen LogP contribution >= 0.6 is 11.3 Å². The van der Waals surface area contributed by atoms with Gasteiger partial charge in [0, 0.05) is 30.6 Å². The first-order chi connectivity index (χ1) is 9.02. The van der Waals surface area contributed by atoms with Crippen molar-refractivity contribution >= 4 is 16.5 Å². The fraction of sp³-hybridized carbons (Fsp3) is 0.786. The summed E-state index contributed by atoms with van der Waals surface area (Å²) in [6.45, 7) is 3.80. The minimum Gasteiger partial charge on any atom is -0.349 e. The number of likely N-dealkylation sites (N-methyl/N-ethyl adjacent to an activating group) is 2. The SMILES string of the molecule is CCc1nc(N(C)CC2(N(C)C)CCC2)sc1CN. The van der Waals surface area contributed by atoms with Crippen LogP contribution in [0.15, 0.2) is 0 Å². The van der Waals surface area contributed by atoms with Gasteiger partial charge in [0.05, 0.1) is 5.69 Å². The van der Waals surface area contributed by atoms with E-state index >= 15 is 0 Å². The molecule has 0 aliphatic heterocycles. The number of aryl methyl sites for hydroxylation is 1. The Morgan fingerprint density at radius 3 is 2.37 bits per heavy atom. The van der Waals surface area contributed by atoms with E-state index in [1.807, 2.05) is 0 Å². The van der Waals surface area contributed by atoms with Crippen LogP contribution in [0.5, 0.6) is 0 Å². The van der Waals surface area contributed by atoms with Crippen molar-refractivity contribution in [2.24, 2.45) is 5.73 Å². The highest BCUT2D eigenvalue weighted by atomic mass is 32.1. The lowest BCUT2D eigenvalue weighted by atomic mass is 9.75. The topological polar surface area (TPSA) is 45.4 Å². The lowest BCUT2D eigenvalue weighted by Crippen LogP contribution is -2.56. The number of rotatable bonds is 6. The van der Waals surface area contributed by atoms with Gasteiger partial charge in [-0.05, 0) is 39.8 Å². The van der Waals surface area contributed by atoms with Crippen LogP contribution < -0.4 is 10.6 Å². The number of hydrogen-bond acceptors (Lipinski definition) is 5. The first-order valence-electron chi connectivity index (χ1n) is 7.09. The molecule has 2 N–H and O–H groups in total. The third-order valence-electron chi connectivity index (χ3n) is 4.38. The van der Waals surface area contributed by atoms with Crippen molar-refractivity contribution in [1.29, 1.82) is 0 Å². The van der Waals surface area contributed by atoms with Gasteiger partial charge in [0.2, 0.25) is 0 Å². The van der Waals surface area contributed by atoms with Crippen molar-refractivity contribution in [3.05, 3.63) is 10.6 Å². The quantitative estimate of drug-likeness (QED) is 0.868. The van der Waals surface area contributed by atoms with E-state index in [2.05, 4.69) is 37.9 Å². The summed E-state index contributed by atoms with van der Waals surface area (Å²) in [4.78, 5) is 10.7. The van der Waals surface area contributed by atoms with Crippen molar-refractivity contribution in [3.8, 4) is 0 Å². The van der Waals surface area contributed by atoms with Crippen LogP contribution in [0.4, 0.5) is 5.13 Å². The predicted molar refractivity (Wildman–Crippen MR) is 82.9 cm³/mol.